The fraction of sp³-hybridized carbons (Fsp3) is 0.300. The molecular formula is C10H11FO3. The molecule has 0 amide bonds. The van der Waals surface area contributed by atoms with E-state index in [1.165, 1.54) is 6.92 Å². The first kappa shape index (κ1) is 10.5. The normalized spacial score (nSPS) is 14.1. The van der Waals surface area contributed by atoms with E-state index in [1.54, 1.807) is 30.3 Å². The van der Waals surface area contributed by atoms with Crippen molar-refractivity contribution in [2.45, 2.75) is 19.4 Å². The zero-order chi connectivity index (χ0) is 10.4. The summed E-state index contributed by atoms with van der Waals surface area (Å²) < 4.78 is 22.6. The number of alkyl halides is 1. The van der Waals surface area contributed by atoms with E-state index < -0.39 is 6.04 Å². The molecule has 0 heterocycles. The minimum absolute atomic E-state index is 0.0342. The summed E-state index contributed by atoms with van der Waals surface area (Å²) in [6.07, 6.45) is -0.0688. The van der Waals surface area contributed by atoms with Gasteiger partial charge in [0.15, 0.2) is 0 Å². The lowest BCUT2D eigenvalue weighted by molar-refractivity contribution is -0.250. The molecule has 0 bridgehead atoms. The van der Waals surface area contributed by atoms with Crippen LogP contribution in [0, 0.1) is 0 Å². The fourth-order valence-corrected chi connectivity index (χ4v) is 0.916. The van der Waals surface area contributed by atoms with Crippen molar-refractivity contribution in [3.8, 4) is 5.75 Å². The highest BCUT2D eigenvalue weighted by atomic mass is 19.2. The number of carbonyl (C=O) groups is 1. The molecule has 1 aromatic carbocycles. The van der Waals surface area contributed by atoms with Gasteiger partial charge >= 0.3 is 6.04 Å². The molecule has 76 valence electrons. The van der Waals surface area contributed by atoms with Gasteiger partial charge in [0, 0.05) is 0 Å². The molecule has 0 aliphatic carbocycles. The molecule has 0 aliphatic heterocycles. The minimum Gasteiger partial charge on any atom is -0.427 e. The van der Waals surface area contributed by atoms with Crippen LogP contribution in [0.2, 0.25) is 0 Å². The summed E-state index contributed by atoms with van der Waals surface area (Å²) in [5.74, 6) is 0.318. The number of hydrogen-bond acceptors (Lipinski definition) is 3. The summed E-state index contributed by atoms with van der Waals surface area (Å²) in [5, 5.41) is 0. The Bertz CT molecular complexity index is 289. The molecule has 1 unspecified atom stereocenters. The molecule has 1 rings (SSSR count). The molecule has 1 aromatic rings. The maximum atomic E-state index is 13.5. The van der Waals surface area contributed by atoms with E-state index in [4.69, 9.17) is 4.74 Å². The Kier molecular flexibility index (Phi) is 3.45. The molecule has 1 atom stereocenters. The molecule has 0 saturated heterocycles. The topological polar surface area (TPSA) is 35.5 Å². The molecule has 14 heavy (non-hydrogen) atoms. The Labute approximate surface area is 81.4 Å². The van der Waals surface area contributed by atoms with Crippen molar-refractivity contribution >= 4 is 6.47 Å². The summed E-state index contributed by atoms with van der Waals surface area (Å²) in [4.78, 5) is 10.0. The van der Waals surface area contributed by atoms with E-state index in [1.807, 2.05) is 0 Å². The van der Waals surface area contributed by atoms with E-state index >= 15 is 0 Å². The first-order valence-electron chi connectivity index (χ1n) is 4.24. The standard InChI is InChI=1S/C10H11FO3/c1-2-10(11,13-8-12)14-9-6-4-3-5-7-9/h3-8H,2H2,1H3. The first-order chi connectivity index (χ1) is 6.70. The van der Waals surface area contributed by atoms with Gasteiger partial charge in [0.25, 0.3) is 6.47 Å². The van der Waals surface area contributed by atoms with Crippen LogP contribution >= 0.6 is 0 Å². The van der Waals surface area contributed by atoms with E-state index in [0.717, 1.165) is 0 Å². The maximum absolute atomic E-state index is 13.5. The highest BCUT2D eigenvalue weighted by molar-refractivity contribution is 5.37. The van der Waals surface area contributed by atoms with Crippen LogP contribution in [0.1, 0.15) is 13.3 Å². The van der Waals surface area contributed by atoms with Crippen molar-refractivity contribution in [1.29, 1.82) is 0 Å². The third-order valence-electron chi connectivity index (χ3n) is 1.66. The molecule has 0 N–H and O–H groups in total. The van der Waals surface area contributed by atoms with Crippen molar-refractivity contribution in [1.82, 2.24) is 0 Å². The van der Waals surface area contributed by atoms with Crippen molar-refractivity contribution in [2.75, 3.05) is 0 Å². The number of carbonyl (C=O) groups excluding carboxylic acids is 1. The van der Waals surface area contributed by atoms with Gasteiger partial charge in [-0.1, -0.05) is 25.1 Å². The second kappa shape index (κ2) is 4.60. The molecule has 0 fully saturated rings. The van der Waals surface area contributed by atoms with Gasteiger partial charge in [-0.15, -0.1) is 0 Å². The van der Waals surface area contributed by atoms with Gasteiger partial charge in [-0.3, -0.25) is 4.79 Å². The van der Waals surface area contributed by atoms with Crippen LogP contribution in [-0.2, 0) is 9.53 Å². The highest BCUT2D eigenvalue weighted by Crippen LogP contribution is 2.22. The number of benzene rings is 1. The van der Waals surface area contributed by atoms with E-state index in [2.05, 4.69) is 4.74 Å². The average molecular weight is 198 g/mol. The molecule has 0 aromatic heterocycles. The number of para-hydroxylation sites is 1. The lowest BCUT2D eigenvalue weighted by atomic mass is 10.3. The SMILES string of the molecule is CCC(F)(OC=O)Oc1ccccc1. The van der Waals surface area contributed by atoms with E-state index in [0.29, 0.717) is 5.75 Å². The molecule has 0 aliphatic rings. The van der Waals surface area contributed by atoms with Gasteiger partial charge in [0.2, 0.25) is 0 Å². The van der Waals surface area contributed by atoms with Gasteiger partial charge in [-0.2, -0.15) is 4.39 Å². The van der Waals surface area contributed by atoms with Crippen LogP contribution in [0.4, 0.5) is 4.39 Å². The maximum Gasteiger partial charge on any atom is 0.409 e. The smallest absolute Gasteiger partial charge is 0.409 e. The predicted octanol–water partition coefficient (Wildman–Crippen LogP) is 2.27. The van der Waals surface area contributed by atoms with Crippen molar-refractivity contribution in [2.24, 2.45) is 0 Å². The summed E-state index contributed by atoms with van der Waals surface area (Å²) in [6.45, 7) is 1.55. The fourth-order valence-electron chi connectivity index (χ4n) is 0.916. The molecular weight excluding hydrogens is 187 g/mol. The molecule has 0 spiro atoms. The number of rotatable bonds is 5. The van der Waals surface area contributed by atoms with Crippen LogP contribution < -0.4 is 4.74 Å². The average Bonchev–Trinajstić information content (AvgIpc) is 2.20. The third-order valence-corrected chi connectivity index (χ3v) is 1.66. The quantitative estimate of drug-likeness (QED) is 0.537. The zero-order valence-electron chi connectivity index (χ0n) is 7.77. The van der Waals surface area contributed by atoms with E-state index in [9.17, 15) is 9.18 Å². The largest absolute Gasteiger partial charge is 0.427 e. The number of halogens is 1. The Morgan fingerprint density at radius 3 is 2.57 bits per heavy atom. The molecule has 4 heteroatoms. The van der Waals surface area contributed by atoms with Crippen molar-refractivity contribution < 1.29 is 18.7 Å². The summed E-state index contributed by atoms with van der Waals surface area (Å²) >= 11 is 0. The minimum atomic E-state index is -2.37. The summed E-state index contributed by atoms with van der Waals surface area (Å²) in [6, 6.07) is 5.97. The van der Waals surface area contributed by atoms with Gasteiger partial charge in [-0.05, 0) is 12.1 Å². The van der Waals surface area contributed by atoms with Crippen molar-refractivity contribution in [3.63, 3.8) is 0 Å². The second-order valence-corrected chi connectivity index (χ2v) is 2.64. The van der Waals surface area contributed by atoms with Gasteiger partial charge in [-0.25, -0.2) is 0 Å². The van der Waals surface area contributed by atoms with Gasteiger partial charge in [0.1, 0.15) is 5.75 Å². The Hall–Kier alpha value is -1.58. The number of hydrogen-bond donors (Lipinski definition) is 0. The van der Waals surface area contributed by atoms with Crippen LogP contribution in [-0.4, -0.2) is 12.5 Å². The van der Waals surface area contributed by atoms with Crippen LogP contribution in [0.15, 0.2) is 30.3 Å². The van der Waals surface area contributed by atoms with Crippen LogP contribution in [0.25, 0.3) is 0 Å². The van der Waals surface area contributed by atoms with Crippen LogP contribution in [0.3, 0.4) is 0 Å². The third kappa shape index (κ3) is 2.73. The lowest BCUT2D eigenvalue weighted by Crippen LogP contribution is -2.32. The van der Waals surface area contributed by atoms with Gasteiger partial charge < -0.3 is 9.47 Å². The first-order valence-corrected chi connectivity index (χ1v) is 4.24. The highest BCUT2D eigenvalue weighted by Gasteiger charge is 2.31. The second-order valence-electron chi connectivity index (χ2n) is 2.64. The molecule has 3 nitrogen and oxygen atoms in total. The number of ether oxygens (including phenoxy) is 2. The Balaban J connectivity index is 2.70. The van der Waals surface area contributed by atoms with E-state index in [-0.39, 0.29) is 12.9 Å². The zero-order valence-corrected chi connectivity index (χ0v) is 7.77. The monoisotopic (exact) mass is 198 g/mol. The Morgan fingerprint density at radius 2 is 2.07 bits per heavy atom. The van der Waals surface area contributed by atoms with Crippen LogP contribution in [0.5, 0.6) is 5.75 Å². The van der Waals surface area contributed by atoms with Gasteiger partial charge in [0.05, 0.1) is 6.42 Å². The lowest BCUT2D eigenvalue weighted by Gasteiger charge is -2.22. The summed E-state index contributed by atoms with van der Waals surface area (Å²) in [7, 11) is 0. The molecule has 0 radical (unpaired) electrons. The molecule has 0 saturated carbocycles. The van der Waals surface area contributed by atoms with Crippen molar-refractivity contribution in [3.05, 3.63) is 30.3 Å². The summed E-state index contributed by atoms with van der Waals surface area (Å²) in [5.41, 5.74) is 0. The predicted molar refractivity (Wildman–Crippen MR) is 48.3 cm³/mol. The Morgan fingerprint density at radius 1 is 1.43 bits per heavy atom.